The zero-order chi connectivity index (χ0) is 11.4. The smallest absolute Gasteiger partial charge is 0.0418 e. The van der Waals surface area contributed by atoms with Gasteiger partial charge in [-0.15, -0.1) is 0 Å². The van der Waals surface area contributed by atoms with Crippen LogP contribution in [0.5, 0.6) is 0 Å². The van der Waals surface area contributed by atoms with Crippen molar-refractivity contribution in [2.45, 2.75) is 0 Å². The minimum absolute atomic E-state index is 0. The van der Waals surface area contributed by atoms with Crippen LogP contribution in [0.3, 0.4) is 0 Å². The number of halogens is 2. The van der Waals surface area contributed by atoms with Gasteiger partial charge in [-0.2, -0.15) is 0 Å². The third-order valence-electron chi connectivity index (χ3n) is 2.02. The fourth-order valence-corrected chi connectivity index (χ4v) is 1.56. The Morgan fingerprint density at radius 2 is 1.35 bits per heavy atom. The molecule has 17 heavy (non-hydrogen) atoms. The molecular weight excluding hydrogens is 253 g/mol. The summed E-state index contributed by atoms with van der Waals surface area (Å²) in [4.78, 5) is 0. The monoisotopic (exact) mass is 263 g/mol. The molecule has 0 saturated heterocycles. The van der Waals surface area contributed by atoms with Gasteiger partial charge >= 0.3 is 0 Å². The summed E-state index contributed by atoms with van der Waals surface area (Å²) in [5, 5.41) is 1.41. The van der Waals surface area contributed by atoms with Gasteiger partial charge in [0.25, 0.3) is 0 Å². The van der Waals surface area contributed by atoms with E-state index in [4.69, 9.17) is 23.2 Å². The zero-order valence-electron chi connectivity index (χ0n) is 9.08. The molecule has 3 N–H and O–H groups in total. The summed E-state index contributed by atoms with van der Waals surface area (Å²) in [5.41, 5.74) is 1.84. The highest BCUT2D eigenvalue weighted by Gasteiger charge is 1.90. The second-order valence-corrected chi connectivity index (χ2v) is 4.14. The Kier molecular flexibility index (Phi) is 5.06. The van der Waals surface area contributed by atoms with E-state index < -0.39 is 0 Å². The molecule has 0 bridgehead atoms. The molecule has 0 aliphatic rings. The van der Waals surface area contributed by atoms with E-state index in [0.29, 0.717) is 10.0 Å². The molecule has 86 valence electrons. The molecule has 0 radical (unpaired) electrons. The van der Waals surface area contributed by atoms with Crippen molar-refractivity contribution in [2.24, 2.45) is 0 Å². The molecule has 0 amide bonds. The maximum Gasteiger partial charge on any atom is 0.0418 e. The van der Waals surface area contributed by atoms with Crippen molar-refractivity contribution in [3.63, 3.8) is 0 Å². The van der Waals surface area contributed by atoms with Crippen LogP contribution in [0.15, 0.2) is 48.5 Å². The zero-order valence-corrected chi connectivity index (χ0v) is 10.6. The van der Waals surface area contributed by atoms with E-state index in [1.165, 1.54) is 0 Å². The summed E-state index contributed by atoms with van der Waals surface area (Å²) >= 11 is 11.6. The van der Waals surface area contributed by atoms with Crippen LogP contribution in [-0.4, -0.2) is 0 Å². The summed E-state index contributed by atoms with van der Waals surface area (Å²) < 4.78 is 0. The Morgan fingerprint density at radius 3 is 2.00 bits per heavy atom. The van der Waals surface area contributed by atoms with Gasteiger partial charge in [0.05, 0.1) is 0 Å². The molecule has 0 atom stereocenters. The van der Waals surface area contributed by atoms with E-state index in [0.717, 1.165) is 11.1 Å². The molecule has 2 rings (SSSR count). The first-order valence-electron chi connectivity index (χ1n) is 4.77. The lowest BCUT2D eigenvalue weighted by molar-refractivity contribution is 1.62. The maximum atomic E-state index is 5.86. The van der Waals surface area contributed by atoms with Crippen LogP contribution < -0.4 is 6.15 Å². The molecule has 0 aliphatic carbocycles. The van der Waals surface area contributed by atoms with Crippen LogP contribution in [-0.2, 0) is 0 Å². The van der Waals surface area contributed by atoms with Crippen molar-refractivity contribution in [1.82, 2.24) is 6.15 Å². The summed E-state index contributed by atoms with van der Waals surface area (Å²) in [6, 6.07) is 14.9. The van der Waals surface area contributed by atoms with Crippen molar-refractivity contribution in [3.8, 4) is 11.8 Å². The van der Waals surface area contributed by atoms with Crippen molar-refractivity contribution in [1.29, 1.82) is 0 Å². The van der Waals surface area contributed by atoms with E-state index >= 15 is 0 Å². The van der Waals surface area contributed by atoms with Crippen LogP contribution in [0.2, 0.25) is 10.0 Å². The molecule has 0 heterocycles. The molecule has 0 aromatic heterocycles. The van der Waals surface area contributed by atoms with Crippen molar-refractivity contribution in [2.75, 3.05) is 0 Å². The predicted molar refractivity (Wildman–Crippen MR) is 73.9 cm³/mol. The summed E-state index contributed by atoms with van der Waals surface area (Å²) in [6.45, 7) is 0. The Bertz CT molecular complexity index is 550. The molecule has 0 aliphatic heterocycles. The predicted octanol–water partition coefficient (Wildman–Crippen LogP) is 4.56. The summed E-state index contributed by atoms with van der Waals surface area (Å²) in [6.07, 6.45) is 0. The fourth-order valence-electron chi connectivity index (χ4n) is 1.24. The van der Waals surface area contributed by atoms with Crippen LogP contribution in [0.4, 0.5) is 0 Å². The Morgan fingerprint density at radius 1 is 0.706 bits per heavy atom. The maximum absolute atomic E-state index is 5.86. The van der Waals surface area contributed by atoms with Crippen LogP contribution in [0.25, 0.3) is 0 Å². The molecule has 3 heteroatoms. The molecule has 2 aromatic carbocycles. The fraction of sp³-hybridized carbons (Fsp3) is 0. The lowest BCUT2D eigenvalue weighted by atomic mass is 10.2. The van der Waals surface area contributed by atoms with Gasteiger partial charge in [0.1, 0.15) is 0 Å². The van der Waals surface area contributed by atoms with E-state index in [-0.39, 0.29) is 6.15 Å². The molecule has 0 spiro atoms. The highest BCUT2D eigenvalue weighted by atomic mass is 35.5. The normalized spacial score (nSPS) is 8.82. The van der Waals surface area contributed by atoms with Crippen molar-refractivity contribution < 1.29 is 0 Å². The standard InChI is InChI=1S/C14H8Cl2.H3N/c15-13-8-6-11(7-9-13)4-5-12-2-1-3-14(16)10-12;/h1-3,6-10H;1H3. The van der Waals surface area contributed by atoms with Crippen molar-refractivity contribution in [3.05, 3.63) is 69.7 Å². The lowest BCUT2D eigenvalue weighted by Gasteiger charge is -1.92. The van der Waals surface area contributed by atoms with E-state index in [9.17, 15) is 0 Å². The Labute approximate surface area is 111 Å². The first-order valence-corrected chi connectivity index (χ1v) is 5.53. The molecule has 0 unspecified atom stereocenters. The van der Waals surface area contributed by atoms with Gasteiger partial charge in [-0.3, -0.25) is 0 Å². The highest BCUT2D eigenvalue weighted by Crippen LogP contribution is 2.11. The summed E-state index contributed by atoms with van der Waals surface area (Å²) in [7, 11) is 0. The highest BCUT2D eigenvalue weighted by molar-refractivity contribution is 6.30. The van der Waals surface area contributed by atoms with Gasteiger partial charge in [0.15, 0.2) is 0 Å². The van der Waals surface area contributed by atoms with E-state index in [1.807, 2.05) is 48.5 Å². The summed E-state index contributed by atoms with van der Waals surface area (Å²) in [5.74, 6) is 6.09. The van der Waals surface area contributed by atoms with Gasteiger partial charge in [0, 0.05) is 21.2 Å². The van der Waals surface area contributed by atoms with Crippen LogP contribution in [0.1, 0.15) is 11.1 Å². The largest absolute Gasteiger partial charge is 0.344 e. The molecular formula is C14H11Cl2N. The third-order valence-corrected chi connectivity index (χ3v) is 2.51. The second-order valence-electron chi connectivity index (χ2n) is 3.27. The first-order chi connectivity index (χ1) is 7.74. The average Bonchev–Trinajstić information content (AvgIpc) is 2.28. The minimum atomic E-state index is 0. The van der Waals surface area contributed by atoms with Gasteiger partial charge in [-0.05, 0) is 42.5 Å². The molecule has 0 fully saturated rings. The first kappa shape index (κ1) is 13.6. The number of benzene rings is 2. The quantitative estimate of drug-likeness (QED) is 0.696. The number of rotatable bonds is 0. The Balaban J connectivity index is 0.00000144. The minimum Gasteiger partial charge on any atom is -0.344 e. The van der Waals surface area contributed by atoms with Gasteiger partial charge in [-0.1, -0.05) is 41.1 Å². The molecule has 0 saturated carbocycles. The second kappa shape index (κ2) is 6.32. The van der Waals surface area contributed by atoms with Gasteiger partial charge in [0.2, 0.25) is 0 Å². The molecule has 1 nitrogen and oxygen atoms in total. The number of hydrogen-bond acceptors (Lipinski definition) is 1. The SMILES string of the molecule is Clc1ccc(C#Cc2cccc(Cl)c2)cc1.N. The third kappa shape index (κ3) is 4.13. The van der Waals surface area contributed by atoms with Crippen LogP contribution >= 0.6 is 23.2 Å². The van der Waals surface area contributed by atoms with Gasteiger partial charge in [-0.25, -0.2) is 0 Å². The van der Waals surface area contributed by atoms with E-state index in [2.05, 4.69) is 11.8 Å². The average molecular weight is 264 g/mol. The lowest BCUT2D eigenvalue weighted by Crippen LogP contribution is -1.75. The van der Waals surface area contributed by atoms with Gasteiger partial charge < -0.3 is 6.15 Å². The van der Waals surface area contributed by atoms with Crippen molar-refractivity contribution >= 4 is 23.2 Å². The number of hydrogen-bond donors (Lipinski definition) is 1. The Hall–Kier alpha value is -1.46. The topological polar surface area (TPSA) is 35.0 Å². The van der Waals surface area contributed by atoms with E-state index in [1.54, 1.807) is 0 Å². The molecule has 2 aromatic rings. The van der Waals surface area contributed by atoms with Crippen LogP contribution in [0, 0.1) is 11.8 Å².